The second-order valence-electron chi connectivity index (χ2n) is 4.47. The van der Waals surface area contributed by atoms with Gasteiger partial charge in [-0.3, -0.25) is 0 Å². The third-order valence-corrected chi connectivity index (χ3v) is 6.29. The zero-order valence-electron chi connectivity index (χ0n) is 13.0. The Hall–Kier alpha value is -0.930. The summed E-state index contributed by atoms with van der Waals surface area (Å²) in [5.41, 5.74) is -8.78. The maximum Gasteiger partial charge on any atom is 0.480 e. The van der Waals surface area contributed by atoms with Gasteiger partial charge < -0.3 is 4.13 Å². The number of halogens is 6. The Balaban J connectivity index is 0.000000496. The Morgan fingerprint density at radius 1 is 1.00 bits per heavy atom. The van der Waals surface area contributed by atoms with E-state index in [4.69, 9.17) is 0 Å². The predicted molar refractivity (Wildman–Crippen MR) is 77.6 cm³/mol. The van der Waals surface area contributed by atoms with Crippen molar-refractivity contribution >= 4 is 31.4 Å². The van der Waals surface area contributed by atoms with Crippen molar-refractivity contribution in [3.8, 4) is 0 Å². The van der Waals surface area contributed by atoms with Crippen LogP contribution in [0.25, 0.3) is 4.13 Å². The summed E-state index contributed by atoms with van der Waals surface area (Å²) >= 11 is 1.83. The summed E-state index contributed by atoms with van der Waals surface area (Å²) in [4.78, 5) is 1.44. The van der Waals surface area contributed by atoms with Gasteiger partial charge in [-0.2, -0.15) is 30.9 Å². The van der Waals surface area contributed by atoms with Crippen LogP contribution in [-0.2, 0) is 26.6 Å². The molecule has 148 valence electrons. The Morgan fingerprint density at radius 2 is 1.40 bits per heavy atom. The average Bonchev–Trinajstić information content (AvgIpc) is 2.68. The predicted octanol–water partition coefficient (Wildman–Crippen LogP) is 3.12. The summed E-state index contributed by atoms with van der Waals surface area (Å²) in [6, 6.07) is 0. The van der Waals surface area contributed by atoms with Gasteiger partial charge in [0.1, 0.15) is 6.54 Å². The second-order valence-corrected chi connectivity index (χ2v) is 8.96. The van der Waals surface area contributed by atoms with Crippen molar-refractivity contribution in [3.63, 3.8) is 0 Å². The number of hydrogen-bond acceptors (Lipinski definition) is 5. The first kappa shape index (κ1) is 24.1. The lowest BCUT2D eigenvalue weighted by Crippen LogP contribution is -2.33. The van der Waals surface area contributed by atoms with Crippen molar-refractivity contribution in [2.75, 3.05) is 0 Å². The number of thiazole rings is 1. The van der Waals surface area contributed by atoms with Gasteiger partial charge in [0.25, 0.3) is 0 Å². The normalized spacial score (nSPS) is 13.3. The molecule has 0 aliphatic rings. The lowest BCUT2D eigenvalue weighted by molar-refractivity contribution is -0.698. The number of sulfonamides is 2. The van der Waals surface area contributed by atoms with E-state index in [-0.39, 0.29) is 0 Å². The van der Waals surface area contributed by atoms with Crippen LogP contribution in [0.2, 0.25) is 0 Å². The van der Waals surface area contributed by atoms with E-state index >= 15 is 0 Å². The molecule has 1 rings (SSSR count). The van der Waals surface area contributed by atoms with E-state index in [9.17, 15) is 43.2 Å². The Kier molecular flexibility index (Phi) is 7.87. The van der Waals surface area contributed by atoms with Gasteiger partial charge in [-0.15, -0.1) is 0 Å². The molecule has 15 heteroatoms. The lowest BCUT2D eigenvalue weighted by Gasteiger charge is -2.22. The highest BCUT2D eigenvalue weighted by atomic mass is 32.3. The van der Waals surface area contributed by atoms with E-state index < -0.39 is 31.1 Å². The molecule has 1 aromatic rings. The first-order valence-corrected chi connectivity index (χ1v) is 10.0. The molecule has 25 heavy (non-hydrogen) atoms. The maximum atomic E-state index is 11.4. The smallest absolute Gasteiger partial charge is 0.421 e. The summed E-state index contributed by atoms with van der Waals surface area (Å²) in [5, 5.41) is 0. The number of aromatic nitrogens is 1. The van der Waals surface area contributed by atoms with E-state index in [2.05, 4.69) is 30.8 Å². The highest BCUT2D eigenvalue weighted by molar-refractivity contribution is 8.13. The molecule has 0 unspecified atom stereocenters. The molecular formula is C10H14F6N2O4S3. The fourth-order valence-electron chi connectivity index (χ4n) is 1.18. The molecular weight excluding hydrogens is 422 g/mol. The quantitative estimate of drug-likeness (QED) is 0.536. The molecule has 1 heterocycles. The van der Waals surface area contributed by atoms with Gasteiger partial charge in [-0.05, 0) is 6.92 Å². The molecule has 0 aliphatic heterocycles. The zero-order chi connectivity index (χ0) is 20.3. The topological polar surface area (TPSA) is 86.3 Å². The van der Waals surface area contributed by atoms with Gasteiger partial charge in [-0.25, -0.2) is 16.8 Å². The maximum absolute atomic E-state index is 11.4. The molecule has 1 aromatic heterocycles. The van der Waals surface area contributed by atoms with Gasteiger partial charge >= 0.3 is 11.0 Å². The number of rotatable bonds is 4. The van der Waals surface area contributed by atoms with Crippen molar-refractivity contribution in [3.05, 3.63) is 20.2 Å². The van der Waals surface area contributed by atoms with E-state index in [0.717, 1.165) is 10.7 Å². The molecule has 0 spiro atoms. The molecule has 0 atom stereocenters. The number of alkyl halides is 6. The SMILES string of the molecule is CCC[n+]1csc(C)c1C.O=S(=O)([N-]S(=O)(=O)C(F)(F)F)C(F)(F)F. The lowest BCUT2D eigenvalue weighted by atomic mass is 10.4. The average molecular weight is 436 g/mol. The van der Waals surface area contributed by atoms with Gasteiger partial charge in [0, 0.05) is 13.3 Å². The van der Waals surface area contributed by atoms with Gasteiger partial charge in [0.2, 0.25) is 5.51 Å². The van der Waals surface area contributed by atoms with Gasteiger partial charge in [0.15, 0.2) is 25.7 Å². The van der Waals surface area contributed by atoms with Crippen LogP contribution in [0.3, 0.4) is 0 Å². The summed E-state index contributed by atoms with van der Waals surface area (Å²) in [5.74, 6) is 0. The standard InChI is InChI=1S/C8H14NS.C2F6NO4S2/c1-4-5-9-6-10-8(3)7(9)2;3-1(4,5)14(10,11)9-15(12,13)2(6,7)8/h6H,4-5H2,1-3H3;/q+1;-1. The minimum Gasteiger partial charge on any atom is -0.421 e. The molecule has 0 radical (unpaired) electrons. The Bertz CT molecular complexity index is 739. The number of aryl methyl sites for hydroxylation is 2. The molecule has 0 amide bonds. The van der Waals surface area contributed by atoms with Crippen LogP contribution in [0.4, 0.5) is 26.3 Å². The Morgan fingerprint density at radius 3 is 1.64 bits per heavy atom. The third kappa shape index (κ3) is 6.71. The van der Waals surface area contributed by atoms with Crippen LogP contribution in [0, 0.1) is 13.8 Å². The minimum absolute atomic E-state index is 0.778. The summed E-state index contributed by atoms with van der Waals surface area (Å²) < 4.78 is 112. The highest BCUT2D eigenvalue weighted by Gasteiger charge is 2.46. The molecule has 0 bridgehead atoms. The van der Waals surface area contributed by atoms with E-state index in [1.165, 1.54) is 17.0 Å². The number of hydrogen-bond donors (Lipinski definition) is 0. The van der Waals surface area contributed by atoms with Crippen molar-refractivity contribution in [2.45, 2.75) is 44.8 Å². The summed E-state index contributed by atoms with van der Waals surface area (Å²) in [6.07, 6.45) is 1.22. The number of nitrogens with zero attached hydrogens (tertiary/aromatic N) is 2. The van der Waals surface area contributed by atoms with Crippen molar-refractivity contribution in [1.82, 2.24) is 0 Å². The first-order chi connectivity index (χ1) is 11.0. The van der Waals surface area contributed by atoms with E-state index in [1.807, 2.05) is 11.3 Å². The molecule has 0 fully saturated rings. The zero-order valence-corrected chi connectivity index (χ0v) is 15.5. The fraction of sp³-hybridized carbons (Fsp3) is 0.700. The van der Waals surface area contributed by atoms with Crippen molar-refractivity contribution in [1.29, 1.82) is 0 Å². The summed E-state index contributed by atoms with van der Waals surface area (Å²) in [6.45, 7) is 7.73. The van der Waals surface area contributed by atoms with E-state index in [1.54, 1.807) is 0 Å². The van der Waals surface area contributed by atoms with Crippen LogP contribution in [0.15, 0.2) is 5.51 Å². The van der Waals surface area contributed by atoms with Gasteiger partial charge in [-0.1, -0.05) is 18.3 Å². The third-order valence-electron chi connectivity index (χ3n) is 2.54. The molecule has 0 saturated heterocycles. The molecule has 6 nitrogen and oxygen atoms in total. The van der Waals surface area contributed by atoms with Crippen LogP contribution in [0.1, 0.15) is 23.9 Å². The highest BCUT2D eigenvalue weighted by Crippen LogP contribution is 2.36. The molecule has 0 N–H and O–H groups in total. The molecule has 0 aliphatic carbocycles. The monoisotopic (exact) mass is 436 g/mol. The van der Waals surface area contributed by atoms with Crippen LogP contribution in [-0.4, -0.2) is 27.9 Å². The Labute approximate surface area is 144 Å². The van der Waals surface area contributed by atoms with E-state index in [0.29, 0.717) is 0 Å². The van der Waals surface area contributed by atoms with Crippen LogP contribution >= 0.6 is 11.3 Å². The molecule has 0 aromatic carbocycles. The fourth-order valence-corrected chi connectivity index (χ4v) is 3.73. The van der Waals surface area contributed by atoms with Crippen molar-refractivity contribution in [2.24, 2.45) is 0 Å². The largest absolute Gasteiger partial charge is 0.480 e. The minimum atomic E-state index is -6.72. The van der Waals surface area contributed by atoms with Crippen LogP contribution in [0.5, 0.6) is 0 Å². The van der Waals surface area contributed by atoms with Crippen LogP contribution < -0.4 is 4.57 Å². The van der Waals surface area contributed by atoms with Crippen molar-refractivity contribution < 1.29 is 47.7 Å². The summed E-state index contributed by atoms with van der Waals surface area (Å²) in [7, 11) is -13.4. The molecule has 0 saturated carbocycles. The van der Waals surface area contributed by atoms with Gasteiger partial charge in [0.05, 0.1) is 4.88 Å². The first-order valence-electron chi connectivity index (χ1n) is 6.27. The second kappa shape index (κ2) is 8.18.